The number of fused-ring (bicyclic) bond motifs is 2. The molecule has 4 heterocycles. The summed E-state index contributed by atoms with van der Waals surface area (Å²) in [6.45, 7) is 6.41. The monoisotopic (exact) mass is 463 g/mol. The van der Waals surface area contributed by atoms with Crippen LogP contribution >= 0.6 is 11.6 Å². The van der Waals surface area contributed by atoms with Crippen LogP contribution < -0.4 is 10.2 Å². The van der Waals surface area contributed by atoms with E-state index in [-0.39, 0.29) is 12.6 Å². The average molecular weight is 464 g/mol. The van der Waals surface area contributed by atoms with Crippen molar-refractivity contribution in [3.63, 3.8) is 0 Å². The lowest BCUT2D eigenvalue weighted by Gasteiger charge is -2.36. The SMILES string of the molecule is C[C@H](Nc1ncnc2cccnc12)c1cc2cccc(Cl)c2nc1N1CCN(CCO)CC1. The van der Waals surface area contributed by atoms with Crippen LogP contribution in [0.5, 0.6) is 0 Å². The van der Waals surface area contributed by atoms with Crippen LogP contribution in [-0.4, -0.2) is 69.3 Å². The molecule has 1 aliphatic rings. The Morgan fingerprint density at radius 2 is 1.91 bits per heavy atom. The number of hydrogen-bond donors (Lipinski definition) is 2. The Morgan fingerprint density at radius 3 is 2.73 bits per heavy atom. The van der Waals surface area contributed by atoms with Gasteiger partial charge in [-0.15, -0.1) is 0 Å². The lowest BCUT2D eigenvalue weighted by Crippen LogP contribution is -2.47. The molecule has 2 N–H and O–H groups in total. The number of piperazine rings is 1. The zero-order chi connectivity index (χ0) is 22.8. The molecule has 9 heteroatoms. The Balaban J connectivity index is 1.52. The van der Waals surface area contributed by atoms with Gasteiger partial charge in [-0.05, 0) is 31.2 Å². The van der Waals surface area contributed by atoms with Crippen LogP contribution in [0.1, 0.15) is 18.5 Å². The summed E-state index contributed by atoms with van der Waals surface area (Å²) in [5.74, 6) is 1.61. The van der Waals surface area contributed by atoms with E-state index in [4.69, 9.17) is 16.6 Å². The van der Waals surface area contributed by atoms with Crippen LogP contribution in [0, 0.1) is 0 Å². The van der Waals surface area contributed by atoms with Gasteiger partial charge in [-0.25, -0.2) is 15.0 Å². The number of β-amino-alcohol motifs (C(OH)–C–C–N with tert-alkyl or cyclic N) is 1. The molecule has 1 fully saturated rings. The van der Waals surface area contributed by atoms with Crippen molar-refractivity contribution < 1.29 is 5.11 Å². The number of aliphatic hydroxyl groups is 1. The zero-order valence-corrected chi connectivity index (χ0v) is 19.2. The van der Waals surface area contributed by atoms with Gasteiger partial charge >= 0.3 is 0 Å². The van der Waals surface area contributed by atoms with Crippen LogP contribution in [0.25, 0.3) is 21.9 Å². The Hall–Kier alpha value is -3.07. The van der Waals surface area contributed by atoms with Gasteiger partial charge in [-0.3, -0.25) is 9.88 Å². The predicted octanol–water partition coefficient (Wildman–Crippen LogP) is 3.51. The minimum absolute atomic E-state index is 0.0774. The first kappa shape index (κ1) is 21.8. The van der Waals surface area contributed by atoms with Crippen molar-refractivity contribution >= 4 is 45.2 Å². The molecule has 4 aromatic rings. The lowest BCUT2D eigenvalue weighted by atomic mass is 10.0. The summed E-state index contributed by atoms with van der Waals surface area (Å²) in [6.07, 6.45) is 3.30. The second-order valence-electron chi connectivity index (χ2n) is 8.22. The molecule has 0 amide bonds. The van der Waals surface area contributed by atoms with Crippen LogP contribution in [0.15, 0.2) is 48.9 Å². The number of rotatable bonds is 6. The number of nitrogens with one attached hydrogen (secondary N) is 1. The van der Waals surface area contributed by atoms with Gasteiger partial charge < -0.3 is 15.3 Å². The fraction of sp³-hybridized carbons (Fsp3) is 0.333. The van der Waals surface area contributed by atoms with Crippen molar-refractivity contribution in [2.75, 3.05) is 49.5 Å². The number of halogens is 1. The van der Waals surface area contributed by atoms with Gasteiger partial charge in [0.25, 0.3) is 0 Å². The molecule has 1 saturated heterocycles. The van der Waals surface area contributed by atoms with E-state index in [2.05, 4.69) is 43.1 Å². The number of para-hydroxylation sites is 1. The van der Waals surface area contributed by atoms with Gasteiger partial charge in [0.15, 0.2) is 5.82 Å². The van der Waals surface area contributed by atoms with E-state index in [1.807, 2.05) is 30.3 Å². The third kappa shape index (κ3) is 4.42. The smallest absolute Gasteiger partial charge is 0.156 e. The van der Waals surface area contributed by atoms with Crippen molar-refractivity contribution in [1.82, 2.24) is 24.8 Å². The fourth-order valence-electron chi connectivity index (χ4n) is 4.35. The minimum atomic E-state index is -0.0774. The van der Waals surface area contributed by atoms with Crippen molar-refractivity contribution in [1.29, 1.82) is 0 Å². The summed E-state index contributed by atoms with van der Waals surface area (Å²) in [5, 5.41) is 14.5. The highest BCUT2D eigenvalue weighted by Gasteiger charge is 2.24. The van der Waals surface area contributed by atoms with Crippen molar-refractivity contribution in [3.8, 4) is 0 Å². The molecule has 3 aromatic heterocycles. The van der Waals surface area contributed by atoms with E-state index >= 15 is 0 Å². The molecule has 1 aliphatic heterocycles. The van der Waals surface area contributed by atoms with Gasteiger partial charge in [-0.2, -0.15) is 0 Å². The van der Waals surface area contributed by atoms with Crippen LogP contribution in [0.2, 0.25) is 5.02 Å². The number of benzene rings is 1. The molecule has 33 heavy (non-hydrogen) atoms. The number of hydrogen-bond acceptors (Lipinski definition) is 8. The number of anilines is 2. The van der Waals surface area contributed by atoms with E-state index < -0.39 is 0 Å². The maximum atomic E-state index is 9.28. The van der Waals surface area contributed by atoms with Crippen LogP contribution in [0.4, 0.5) is 11.6 Å². The van der Waals surface area contributed by atoms with Gasteiger partial charge in [0.05, 0.1) is 28.7 Å². The molecule has 5 rings (SSSR count). The molecule has 0 aliphatic carbocycles. The first-order chi connectivity index (χ1) is 16.1. The molecule has 0 spiro atoms. The largest absolute Gasteiger partial charge is 0.395 e. The molecular formula is C24H26ClN7O. The molecule has 170 valence electrons. The van der Waals surface area contributed by atoms with E-state index in [0.717, 1.165) is 59.5 Å². The van der Waals surface area contributed by atoms with E-state index in [0.29, 0.717) is 17.4 Å². The lowest BCUT2D eigenvalue weighted by molar-refractivity contribution is 0.188. The Morgan fingerprint density at radius 1 is 1.06 bits per heavy atom. The van der Waals surface area contributed by atoms with Gasteiger partial charge in [0, 0.05) is 49.9 Å². The average Bonchev–Trinajstić information content (AvgIpc) is 2.84. The van der Waals surface area contributed by atoms with Gasteiger partial charge in [-0.1, -0.05) is 23.7 Å². The summed E-state index contributed by atoms with van der Waals surface area (Å²) in [7, 11) is 0. The first-order valence-corrected chi connectivity index (χ1v) is 11.5. The van der Waals surface area contributed by atoms with Gasteiger partial charge in [0.1, 0.15) is 17.7 Å². The van der Waals surface area contributed by atoms with Crippen LogP contribution in [-0.2, 0) is 0 Å². The molecule has 8 nitrogen and oxygen atoms in total. The maximum Gasteiger partial charge on any atom is 0.156 e. The van der Waals surface area contributed by atoms with Gasteiger partial charge in [0.2, 0.25) is 0 Å². The normalized spacial score (nSPS) is 15.8. The third-order valence-corrected chi connectivity index (χ3v) is 6.41. The van der Waals surface area contributed by atoms with Crippen LogP contribution in [0.3, 0.4) is 0 Å². The second kappa shape index (κ2) is 9.43. The molecule has 0 unspecified atom stereocenters. The standard InChI is InChI=1S/C24H26ClN7O/c1-16(29-23-22-20(27-15-28-23)6-3-7-26-22)18-14-17-4-2-5-19(25)21(17)30-24(18)32-10-8-31(9-11-32)12-13-33/h2-7,14-16,33H,8-13H2,1H3,(H,27,28,29)/t16-/m0/s1. The minimum Gasteiger partial charge on any atom is -0.395 e. The van der Waals surface area contributed by atoms with Crippen molar-refractivity contribution in [2.24, 2.45) is 0 Å². The van der Waals surface area contributed by atoms with E-state index in [9.17, 15) is 5.11 Å². The number of aliphatic hydroxyl groups excluding tert-OH is 1. The first-order valence-electron chi connectivity index (χ1n) is 11.1. The van der Waals surface area contributed by atoms with E-state index in [1.54, 1.807) is 12.5 Å². The summed E-state index contributed by atoms with van der Waals surface area (Å²) in [5.41, 5.74) is 3.41. The zero-order valence-electron chi connectivity index (χ0n) is 18.4. The fourth-order valence-corrected chi connectivity index (χ4v) is 4.57. The number of aromatic nitrogens is 4. The Kier molecular flexibility index (Phi) is 6.22. The predicted molar refractivity (Wildman–Crippen MR) is 132 cm³/mol. The summed E-state index contributed by atoms with van der Waals surface area (Å²) < 4.78 is 0. The Bertz CT molecular complexity index is 1270. The molecule has 0 bridgehead atoms. The highest BCUT2D eigenvalue weighted by Crippen LogP contribution is 2.34. The second-order valence-corrected chi connectivity index (χ2v) is 8.63. The number of nitrogens with zero attached hydrogens (tertiary/aromatic N) is 6. The van der Waals surface area contributed by atoms with Crippen molar-refractivity contribution in [3.05, 3.63) is 59.5 Å². The highest BCUT2D eigenvalue weighted by atomic mass is 35.5. The number of pyridine rings is 2. The summed E-state index contributed by atoms with van der Waals surface area (Å²) in [6, 6.07) is 11.7. The summed E-state index contributed by atoms with van der Waals surface area (Å²) in [4.78, 5) is 22.8. The summed E-state index contributed by atoms with van der Waals surface area (Å²) >= 11 is 6.50. The molecule has 0 radical (unpaired) electrons. The third-order valence-electron chi connectivity index (χ3n) is 6.11. The van der Waals surface area contributed by atoms with E-state index in [1.165, 1.54) is 0 Å². The molecule has 1 atom stereocenters. The topological polar surface area (TPSA) is 90.3 Å². The molecular weight excluding hydrogens is 438 g/mol. The molecule has 0 saturated carbocycles. The quantitative estimate of drug-likeness (QED) is 0.449. The molecule has 1 aromatic carbocycles. The van der Waals surface area contributed by atoms with Crippen molar-refractivity contribution in [2.45, 2.75) is 13.0 Å². The highest BCUT2D eigenvalue weighted by molar-refractivity contribution is 6.35. The maximum absolute atomic E-state index is 9.28. The Labute approximate surface area is 197 Å².